The van der Waals surface area contributed by atoms with Gasteiger partial charge in [-0.1, -0.05) is 54.6 Å². The van der Waals surface area contributed by atoms with E-state index < -0.39 is 0 Å². The highest BCUT2D eigenvalue weighted by atomic mass is 16.5. The van der Waals surface area contributed by atoms with Crippen molar-refractivity contribution in [2.75, 3.05) is 5.32 Å². The van der Waals surface area contributed by atoms with Crippen LogP contribution in [0.4, 0.5) is 5.69 Å². The van der Waals surface area contributed by atoms with Crippen molar-refractivity contribution in [2.45, 2.75) is 27.0 Å². The second-order valence-corrected chi connectivity index (χ2v) is 7.22. The van der Waals surface area contributed by atoms with Gasteiger partial charge in [-0.05, 0) is 48.7 Å². The standard InChI is InChI=1S/C25H24N2O2/c1-18-8-6-9-19(2)25(18)26-24(28)16-27-15-14-21-22(27)12-7-13-23(21)29-17-20-10-4-3-5-11-20/h3-15H,16-17H2,1-2H3,(H,26,28). The number of amides is 1. The molecule has 0 saturated carbocycles. The monoisotopic (exact) mass is 384 g/mol. The van der Waals surface area contributed by atoms with Gasteiger partial charge >= 0.3 is 0 Å². The lowest BCUT2D eigenvalue weighted by molar-refractivity contribution is -0.116. The van der Waals surface area contributed by atoms with Gasteiger partial charge in [-0.3, -0.25) is 4.79 Å². The Morgan fingerprint density at radius 2 is 1.62 bits per heavy atom. The summed E-state index contributed by atoms with van der Waals surface area (Å²) in [6, 6.07) is 24.0. The van der Waals surface area contributed by atoms with Crippen molar-refractivity contribution >= 4 is 22.5 Å². The second-order valence-electron chi connectivity index (χ2n) is 7.22. The minimum atomic E-state index is -0.0458. The van der Waals surface area contributed by atoms with Crippen LogP contribution in [-0.2, 0) is 17.9 Å². The maximum Gasteiger partial charge on any atom is 0.244 e. The van der Waals surface area contributed by atoms with Crippen molar-refractivity contribution in [3.05, 3.63) is 95.7 Å². The third kappa shape index (κ3) is 4.16. The SMILES string of the molecule is Cc1cccc(C)c1NC(=O)Cn1ccc2c(OCc3ccccc3)cccc21. The summed E-state index contributed by atoms with van der Waals surface area (Å²) in [7, 11) is 0. The van der Waals surface area contributed by atoms with E-state index in [0.717, 1.165) is 39.0 Å². The minimum absolute atomic E-state index is 0.0458. The van der Waals surface area contributed by atoms with Crippen LogP contribution in [-0.4, -0.2) is 10.5 Å². The summed E-state index contributed by atoms with van der Waals surface area (Å²) in [6.07, 6.45) is 1.93. The van der Waals surface area contributed by atoms with E-state index in [1.165, 1.54) is 0 Å². The molecule has 0 unspecified atom stereocenters. The predicted octanol–water partition coefficient (Wildman–Crippen LogP) is 5.48. The van der Waals surface area contributed by atoms with Crippen molar-refractivity contribution in [2.24, 2.45) is 0 Å². The van der Waals surface area contributed by atoms with Crippen molar-refractivity contribution < 1.29 is 9.53 Å². The van der Waals surface area contributed by atoms with Crippen LogP contribution in [0.3, 0.4) is 0 Å². The molecule has 0 aliphatic heterocycles. The van der Waals surface area contributed by atoms with Gasteiger partial charge in [0, 0.05) is 17.3 Å². The van der Waals surface area contributed by atoms with Crippen LogP contribution < -0.4 is 10.1 Å². The van der Waals surface area contributed by atoms with Crippen LogP contribution in [0, 0.1) is 13.8 Å². The highest BCUT2D eigenvalue weighted by molar-refractivity contribution is 5.94. The van der Waals surface area contributed by atoms with E-state index in [2.05, 4.69) is 5.32 Å². The third-order valence-corrected chi connectivity index (χ3v) is 5.07. The average molecular weight is 384 g/mol. The lowest BCUT2D eigenvalue weighted by Crippen LogP contribution is -2.19. The quantitative estimate of drug-likeness (QED) is 0.479. The van der Waals surface area contributed by atoms with Gasteiger partial charge in [0.15, 0.2) is 0 Å². The number of carbonyl (C=O) groups is 1. The van der Waals surface area contributed by atoms with E-state index in [0.29, 0.717) is 6.61 Å². The van der Waals surface area contributed by atoms with Gasteiger partial charge in [0.25, 0.3) is 0 Å². The molecule has 29 heavy (non-hydrogen) atoms. The molecule has 3 aromatic carbocycles. The summed E-state index contributed by atoms with van der Waals surface area (Å²) in [5.74, 6) is 0.774. The van der Waals surface area contributed by atoms with Gasteiger partial charge in [0.2, 0.25) is 5.91 Å². The number of benzene rings is 3. The number of nitrogens with one attached hydrogen (secondary N) is 1. The molecule has 0 aliphatic rings. The minimum Gasteiger partial charge on any atom is -0.488 e. The number of nitrogens with zero attached hydrogens (tertiary/aromatic N) is 1. The molecule has 1 N–H and O–H groups in total. The zero-order valence-corrected chi connectivity index (χ0v) is 16.7. The Hall–Kier alpha value is -3.53. The molecule has 1 aromatic heterocycles. The first-order chi connectivity index (χ1) is 14.1. The molecular weight excluding hydrogens is 360 g/mol. The van der Waals surface area contributed by atoms with E-state index in [-0.39, 0.29) is 12.5 Å². The van der Waals surface area contributed by atoms with Gasteiger partial charge in [0.05, 0.1) is 5.52 Å². The number of hydrogen-bond acceptors (Lipinski definition) is 2. The zero-order chi connectivity index (χ0) is 20.2. The number of carbonyl (C=O) groups excluding carboxylic acids is 1. The van der Waals surface area contributed by atoms with Crippen molar-refractivity contribution in [3.8, 4) is 5.75 Å². The molecule has 0 aliphatic carbocycles. The molecule has 0 spiro atoms. The van der Waals surface area contributed by atoms with Crippen LogP contribution in [0.1, 0.15) is 16.7 Å². The molecule has 146 valence electrons. The predicted molar refractivity (Wildman–Crippen MR) is 117 cm³/mol. The Balaban J connectivity index is 1.51. The number of para-hydroxylation sites is 1. The Morgan fingerprint density at radius 1 is 0.897 bits per heavy atom. The molecule has 0 bridgehead atoms. The topological polar surface area (TPSA) is 43.3 Å². The van der Waals surface area contributed by atoms with Gasteiger partial charge in [-0.2, -0.15) is 0 Å². The fourth-order valence-electron chi connectivity index (χ4n) is 3.54. The van der Waals surface area contributed by atoms with Crippen LogP contribution in [0.5, 0.6) is 5.75 Å². The maximum absolute atomic E-state index is 12.7. The molecule has 0 fully saturated rings. The molecule has 4 aromatic rings. The van der Waals surface area contributed by atoms with Crippen molar-refractivity contribution in [3.63, 3.8) is 0 Å². The fraction of sp³-hybridized carbons (Fsp3) is 0.160. The van der Waals surface area contributed by atoms with Crippen molar-refractivity contribution in [1.82, 2.24) is 4.57 Å². The summed E-state index contributed by atoms with van der Waals surface area (Å²) in [5, 5.41) is 4.05. The molecular formula is C25H24N2O2. The fourth-order valence-corrected chi connectivity index (χ4v) is 3.54. The maximum atomic E-state index is 12.7. The smallest absolute Gasteiger partial charge is 0.244 e. The number of ether oxygens (including phenoxy) is 1. The zero-order valence-electron chi connectivity index (χ0n) is 16.7. The Kier molecular flexibility index (Phi) is 5.34. The summed E-state index contributed by atoms with van der Waals surface area (Å²) in [6.45, 7) is 4.77. The molecule has 0 saturated heterocycles. The molecule has 1 heterocycles. The van der Waals surface area contributed by atoms with Crippen molar-refractivity contribution in [1.29, 1.82) is 0 Å². The molecule has 4 nitrogen and oxygen atoms in total. The van der Waals surface area contributed by atoms with Crippen LogP contribution in [0.25, 0.3) is 10.9 Å². The molecule has 0 atom stereocenters. The molecule has 4 heteroatoms. The van der Waals surface area contributed by atoms with Gasteiger partial charge in [0.1, 0.15) is 18.9 Å². The summed E-state index contributed by atoms with van der Waals surface area (Å²) < 4.78 is 7.99. The highest BCUT2D eigenvalue weighted by Crippen LogP contribution is 2.27. The van der Waals surface area contributed by atoms with E-state index in [1.54, 1.807) is 0 Å². The van der Waals surface area contributed by atoms with E-state index >= 15 is 0 Å². The Bertz CT molecular complexity index is 1130. The number of aromatic nitrogens is 1. The number of hydrogen-bond donors (Lipinski definition) is 1. The molecule has 4 rings (SSSR count). The number of anilines is 1. The van der Waals surface area contributed by atoms with Gasteiger partial charge in [-0.15, -0.1) is 0 Å². The number of rotatable bonds is 6. The average Bonchev–Trinajstić information content (AvgIpc) is 3.13. The van der Waals surface area contributed by atoms with Crippen LogP contribution in [0.15, 0.2) is 79.0 Å². The van der Waals surface area contributed by atoms with E-state index in [4.69, 9.17) is 4.74 Å². The molecule has 0 radical (unpaired) electrons. The lowest BCUT2D eigenvalue weighted by Gasteiger charge is -2.13. The number of fused-ring (bicyclic) bond motifs is 1. The van der Waals surface area contributed by atoms with E-state index in [1.807, 2.05) is 97.4 Å². The van der Waals surface area contributed by atoms with Gasteiger partial charge in [-0.25, -0.2) is 0 Å². The summed E-state index contributed by atoms with van der Waals surface area (Å²) in [5.41, 5.74) is 5.12. The molecule has 1 amide bonds. The third-order valence-electron chi connectivity index (χ3n) is 5.07. The Labute approximate surface area is 170 Å². The lowest BCUT2D eigenvalue weighted by atomic mass is 10.1. The first kappa shape index (κ1) is 18.8. The van der Waals surface area contributed by atoms with Gasteiger partial charge < -0.3 is 14.6 Å². The first-order valence-corrected chi connectivity index (χ1v) is 9.72. The summed E-state index contributed by atoms with van der Waals surface area (Å²) >= 11 is 0. The Morgan fingerprint density at radius 3 is 2.38 bits per heavy atom. The van der Waals surface area contributed by atoms with Crippen LogP contribution >= 0.6 is 0 Å². The second kappa shape index (κ2) is 8.23. The van der Waals surface area contributed by atoms with Crippen LogP contribution in [0.2, 0.25) is 0 Å². The highest BCUT2D eigenvalue weighted by Gasteiger charge is 2.11. The largest absolute Gasteiger partial charge is 0.488 e. The number of aryl methyl sites for hydroxylation is 2. The van der Waals surface area contributed by atoms with E-state index in [9.17, 15) is 4.79 Å². The first-order valence-electron chi connectivity index (χ1n) is 9.72. The normalized spacial score (nSPS) is 10.8. The summed E-state index contributed by atoms with van der Waals surface area (Å²) in [4.78, 5) is 12.7.